The van der Waals surface area contributed by atoms with Crippen molar-refractivity contribution in [3.63, 3.8) is 0 Å². The molecular weight excluding hydrogens is 425 g/mol. The second kappa shape index (κ2) is 7.97. The van der Waals surface area contributed by atoms with E-state index in [0.29, 0.717) is 18.9 Å². The number of nitrogens with zero attached hydrogens (tertiary/aromatic N) is 5. The molecule has 8 nitrogen and oxygen atoms in total. The number of hydrogen-bond acceptors (Lipinski definition) is 4. The van der Waals surface area contributed by atoms with Crippen molar-refractivity contribution in [3.8, 4) is 0 Å². The molecule has 0 fully saturated rings. The molecule has 1 aromatic carbocycles. The van der Waals surface area contributed by atoms with Crippen molar-refractivity contribution in [3.05, 3.63) is 66.8 Å². The van der Waals surface area contributed by atoms with Gasteiger partial charge in [-0.2, -0.15) is 4.98 Å². The topological polar surface area (TPSA) is 75.5 Å². The third kappa shape index (κ3) is 3.28. The number of ether oxygens (including phenoxy) is 1. The lowest BCUT2D eigenvalue weighted by molar-refractivity contribution is 0.190. The number of imidazole rings is 2. The van der Waals surface area contributed by atoms with Crippen LogP contribution < -0.4 is 11.2 Å². The molecule has 0 atom stereocenters. The van der Waals surface area contributed by atoms with Crippen molar-refractivity contribution < 1.29 is 9.13 Å². The molecule has 0 bridgehead atoms. The van der Waals surface area contributed by atoms with E-state index < -0.39 is 17.1 Å². The van der Waals surface area contributed by atoms with E-state index in [9.17, 15) is 14.0 Å². The Balaban J connectivity index is 1.99. The van der Waals surface area contributed by atoms with Crippen molar-refractivity contribution in [1.29, 1.82) is 0 Å². The van der Waals surface area contributed by atoms with E-state index in [1.165, 1.54) is 22.8 Å². The largest absolute Gasteiger partial charge is 0.385 e. The van der Waals surface area contributed by atoms with Gasteiger partial charge in [0.1, 0.15) is 5.82 Å². The van der Waals surface area contributed by atoms with Gasteiger partial charge in [0.25, 0.3) is 5.56 Å². The summed E-state index contributed by atoms with van der Waals surface area (Å²) in [7, 11) is 3.20. The van der Waals surface area contributed by atoms with E-state index in [1.54, 1.807) is 18.6 Å². The molecule has 0 saturated heterocycles. The van der Waals surface area contributed by atoms with Crippen molar-refractivity contribution >= 4 is 28.5 Å². The molecule has 10 heteroatoms. The quantitative estimate of drug-likeness (QED) is 0.426. The molecule has 3 heterocycles. The molecule has 0 saturated carbocycles. The van der Waals surface area contributed by atoms with Crippen LogP contribution in [0.5, 0.6) is 0 Å². The SMILES string of the molecule is COCCCn1c(C)c(C)n2c3c(=O)n(Cc4c(F)cccc4Cl)c(=O)n(C)c3nc12. The third-order valence-corrected chi connectivity index (χ3v) is 6.09. The first-order chi connectivity index (χ1) is 14.8. The number of methoxy groups -OCH3 is 1. The first kappa shape index (κ1) is 21.3. The molecule has 31 heavy (non-hydrogen) atoms. The Morgan fingerprint density at radius 2 is 1.90 bits per heavy atom. The normalized spacial score (nSPS) is 11.8. The highest BCUT2D eigenvalue weighted by Gasteiger charge is 2.23. The molecular formula is C21H23ClFN5O3. The number of benzene rings is 1. The molecule has 0 aliphatic rings. The zero-order valence-corrected chi connectivity index (χ0v) is 18.5. The van der Waals surface area contributed by atoms with E-state index in [-0.39, 0.29) is 28.3 Å². The molecule has 0 unspecified atom stereocenters. The van der Waals surface area contributed by atoms with Crippen LogP contribution in [0.2, 0.25) is 5.02 Å². The average molecular weight is 448 g/mol. The summed E-state index contributed by atoms with van der Waals surface area (Å²) in [5, 5.41) is 0.156. The molecule has 0 aliphatic carbocycles. The van der Waals surface area contributed by atoms with Crippen LogP contribution in [0.15, 0.2) is 27.8 Å². The Morgan fingerprint density at radius 1 is 1.16 bits per heavy atom. The van der Waals surface area contributed by atoms with Gasteiger partial charge in [-0.25, -0.2) is 9.18 Å². The summed E-state index contributed by atoms with van der Waals surface area (Å²) in [5.41, 5.74) is 1.34. The minimum Gasteiger partial charge on any atom is -0.385 e. The van der Waals surface area contributed by atoms with Crippen LogP contribution in [0.3, 0.4) is 0 Å². The van der Waals surface area contributed by atoms with Crippen molar-refractivity contribution in [2.24, 2.45) is 7.05 Å². The van der Waals surface area contributed by atoms with Gasteiger partial charge in [0.2, 0.25) is 5.78 Å². The monoisotopic (exact) mass is 447 g/mol. The van der Waals surface area contributed by atoms with Gasteiger partial charge in [0.05, 0.1) is 6.54 Å². The fraction of sp³-hybridized carbons (Fsp3) is 0.381. The summed E-state index contributed by atoms with van der Waals surface area (Å²) >= 11 is 6.13. The van der Waals surface area contributed by atoms with Gasteiger partial charge in [-0.05, 0) is 32.4 Å². The molecule has 0 radical (unpaired) electrons. The fourth-order valence-electron chi connectivity index (χ4n) is 3.93. The Labute approximate surface area is 182 Å². The van der Waals surface area contributed by atoms with Crippen molar-refractivity contribution in [1.82, 2.24) is 23.1 Å². The maximum absolute atomic E-state index is 14.3. The van der Waals surface area contributed by atoms with Crippen LogP contribution >= 0.6 is 11.6 Å². The smallest absolute Gasteiger partial charge is 0.332 e. The minimum atomic E-state index is -0.585. The lowest BCUT2D eigenvalue weighted by atomic mass is 10.2. The van der Waals surface area contributed by atoms with Crippen LogP contribution in [0.4, 0.5) is 4.39 Å². The van der Waals surface area contributed by atoms with E-state index in [1.807, 2.05) is 18.4 Å². The fourth-order valence-corrected chi connectivity index (χ4v) is 4.15. The number of aromatic nitrogens is 5. The Hall–Kier alpha value is -2.91. The molecule has 164 valence electrons. The van der Waals surface area contributed by atoms with Crippen LogP contribution in [-0.2, 0) is 24.9 Å². The first-order valence-electron chi connectivity index (χ1n) is 9.87. The average Bonchev–Trinajstić information content (AvgIpc) is 3.23. The molecule has 4 rings (SSSR count). The van der Waals surface area contributed by atoms with Gasteiger partial charge < -0.3 is 9.30 Å². The Kier molecular flexibility index (Phi) is 5.49. The number of hydrogen-bond donors (Lipinski definition) is 0. The highest BCUT2D eigenvalue weighted by Crippen LogP contribution is 2.22. The standard InChI is InChI=1S/C21H23ClFN5O3/c1-12-13(2)28-17-18(24-20(28)26(12)9-6-10-31-4)25(3)21(30)27(19(17)29)11-14-15(22)7-5-8-16(14)23/h5,7-8H,6,9-11H2,1-4H3. The number of halogens is 2. The summed E-state index contributed by atoms with van der Waals surface area (Å²) in [4.78, 5) is 31.0. The van der Waals surface area contributed by atoms with Gasteiger partial charge >= 0.3 is 5.69 Å². The Morgan fingerprint density at radius 3 is 2.58 bits per heavy atom. The van der Waals surface area contributed by atoms with Crippen LogP contribution in [0.1, 0.15) is 23.4 Å². The van der Waals surface area contributed by atoms with E-state index >= 15 is 0 Å². The maximum atomic E-state index is 14.3. The lowest BCUT2D eigenvalue weighted by Gasteiger charge is -2.10. The van der Waals surface area contributed by atoms with Gasteiger partial charge in [0.15, 0.2) is 11.2 Å². The molecule has 0 N–H and O–H groups in total. The summed E-state index contributed by atoms with van der Waals surface area (Å²) < 4.78 is 25.6. The van der Waals surface area contributed by atoms with Crippen LogP contribution in [0.25, 0.3) is 16.9 Å². The van der Waals surface area contributed by atoms with Crippen LogP contribution in [0, 0.1) is 19.7 Å². The number of rotatable bonds is 6. The van der Waals surface area contributed by atoms with Gasteiger partial charge in [-0.3, -0.25) is 18.3 Å². The summed E-state index contributed by atoms with van der Waals surface area (Å²) in [6.07, 6.45) is 0.777. The zero-order valence-electron chi connectivity index (χ0n) is 17.8. The highest BCUT2D eigenvalue weighted by atomic mass is 35.5. The summed E-state index contributed by atoms with van der Waals surface area (Å²) in [6.45, 7) is 4.85. The number of fused-ring (bicyclic) bond motifs is 3. The van der Waals surface area contributed by atoms with Crippen LogP contribution in [-0.4, -0.2) is 36.8 Å². The molecule has 4 aromatic rings. The first-order valence-corrected chi connectivity index (χ1v) is 10.2. The molecule has 3 aromatic heterocycles. The van der Waals surface area contributed by atoms with E-state index in [0.717, 1.165) is 22.4 Å². The molecule has 0 spiro atoms. The predicted octanol–water partition coefficient (Wildman–Crippen LogP) is 2.64. The van der Waals surface area contributed by atoms with Gasteiger partial charge in [-0.1, -0.05) is 17.7 Å². The Bertz CT molecular complexity index is 1410. The van der Waals surface area contributed by atoms with Gasteiger partial charge in [0, 0.05) is 49.3 Å². The minimum absolute atomic E-state index is 0.0912. The highest BCUT2D eigenvalue weighted by molar-refractivity contribution is 6.31. The summed E-state index contributed by atoms with van der Waals surface area (Å²) in [6, 6.07) is 4.25. The van der Waals surface area contributed by atoms with Crippen molar-refractivity contribution in [2.75, 3.05) is 13.7 Å². The van der Waals surface area contributed by atoms with E-state index in [4.69, 9.17) is 16.3 Å². The maximum Gasteiger partial charge on any atom is 0.332 e. The van der Waals surface area contributed by atoms with Gasteiger partial charge in [-0.15, -0.1) is 0 Å². The second-order valence-electron chi connectivity index (χ2n) is 7.52. The predicted molar refractivity (Wildman–Crippen MR) is 117 cm³/mol. The zero-order chi connectivity index (χ0) is 22.4. The number of aryl methyl sites for hydroxylation is 3. The summed E-state index contributed by atoms with van der Waals surface area (Å²) in [5.74, 6) is 0.00572. The second-order valence-corrected chi connectivity index (χ2v) is 7.93. The van der Waals surface area contributed by atoms with Crippen molar-refractivity contribution in [2.45, 2.75) is 33.4 Å². The third-order valence-electron chi connectivity index (χ3n) is 5.74. The van der Waals surface area contributed by atoms with E-state index in [2.05, 4.69) is 4.98 Å². The molecule has 0 amide bonds. The molecule has 0 aliphatic heterocycles. The lowest BCUT2D eigenvalue weighted by Crippen LogP contribution is -2.40.